The second-order valence-corrected chi connectivity index (χ2v) is 5.36. The molecule has 26 heavy (non-hydrogen) atoms. The predicted octanol–water partition coefficient (Wildman–Crippen LogP) is 1.90. The van der Waals surface area contributed by atoms with E-state index in [4.69, 9.17) is 21.1 Å². The molecule has 0 aromatic heterocycles. The van der Waals surface area contributed by atoms with E-state index in [1.807, 2.05) is 0 Å². The van der Waals surface area contributed by atoms with Crippen molar-refractivity contribution in [2.75, 3.05) is 13.7 Å². The summed E-state index contributed by atoms with van der Waals surface area (Å²) >= 11 is 5.72. The lowest BCUT2D eigenvalue weighted by molar-refractivity contribution is -0.123. The smallest absolute Gasteiger partial charge is 0.340 e. The predicted molar refractivity (Wildman–Crippen MR) is 94.1 cm³/mol. The van der Waals surface area contributed by atoms with Gasteiger partial charge in [-0.15, -0.1) is 0 Å². The molecule has 0 atom stereocenters. The van der Waals surface area contributed by atoms with Gasteiger partial charge in [0.25, 0.3) is 11.8 Å². The Morgan fingerprint density at radius 2 is 1.54 bits per heavy atom. The third kappa shape index (κ3) is 5.99. The normalized spacial score (nSPS) is 9.77. The lowest BCUT2D eigenvalue weighted by Gasteiger charge is -2.09. The summed E-state index contributed by atoms with van der Waals surface area (Å²) in [6, 6.07) is 11.7. The van der Waals surface area contributed by atoms with Gasteiger partial charge in [0, 0.05) is 10.6 Å². The molecule has 0 heterocycles. The molecule has 0 saturated carbocycles. The summed E-state index contributed by atoms with van der Waals surface area (Å²) in [6.07, 6.45) is 0. The molecule has 0 aliphatic heterocycles. The van der Waals surface area contributed by atoms with Gasteiger partial charge in [-0.3, -0.25) is 20.3 Å². The van der Waals surface area contributed by atoms with Crippen molar-refractivity contribution < 1.29 is 23.9 Å². The molecular weight excluding hydrogens is 362 g/mol. The standard InChI is InChI=1S/C17H16ClN3O5/c1-25-13-6-8-14(9-7-13)26-10-15(22)20-21-17(24)19-16(23)11-2-4-12(18)5-3-11/h2-9H,10H2,1H3,(H,20,22)(H2,19,21,23,24). The topological polar surface area (TPSA) is 106 Å². The summed E-state index contributed by atoms with van der Waals surface area (Å²) in [5, 5.41) is 2.52. The zero-order valence-corrected chi connectivity index (χ0v) is 14.5. The van der Waals surface area contributed by atoms with Crippen molar-refractivity contribution in [1.29, 1.82) is 0 Å². The number of rotatable bonds is 5. The van der Waals surface area contributed by atoms with E-state index in [2.05, 4.69) is 16.2 Å². The Kier molecular flexibility index (Phi) is 6.81. The van der Waals surface area contributed by atoms with E-state index >= 15 is 0 Å². The van der Waals surface area contributed by atoms with Crippen molar-refractivity contribution in [3.63, 3.8) is 0 Å². The minimum absolute atomic E-state index is 0.249. The maximum Gasteiger partial charge on any atom is 0.340 e. The molecule has 0 unspecified atom stereocenters. The van der Waals surface area contributed by atoms with Crippen LogP contribution in [0.5, 0.6) is 11.5 Å². The van der Waals surface area contributed by atoms with E-state index in [9.17, 15) is 14.4 Å². The number of nitrogens with one attached hydrogen (secondary N) is 3. The van der Waals surface area contributed by atoms with E-state index in [-0.39, 0.29) is 12.2 Å². The van der Waals surface area contributed by atoms with Crippen LogP contribution >= 0.6 is 11.6 Å². The monoisotopic (exact) mass is 377 g/mol. The number of hydrogen-bond donors (Lipinski definition) is 3. The first-order chi connectivity index (χ1) is 12.5. The van der Waals surface area contributed by atoms with Gasteiger partial charge in [-0.2, -0.15) is 0 Å². The van der Waals surface area contributed by atoms with Crippen molar-refractivity contribution >= 4 is 29.4 Å². The molecule has 0 saturated heterocycles. The second kappa shape index (κ2) is 9.28. The Morgan fingerprint density at radius 3 is 2.15 bits per heavy atom. The molecule has 2 aromatic carbocycles. The van der Waals surface area contributed by atoms with E-state index in [0.717, 1.165) is 0 Å². The van der Waals surface area contributed by atoms with Gasteiger partial charge in [-0.1, -0.05) is 11.6 Å². The van der Waals surface area contributed by atoms with Crippen LogP contribution in [0.25, 0.3) is 0 Å². The Labute approximate surface area is 154 Å². The zero-order chi connectivity index (χ0) is 18.9. The Morgan fingerprint density at radius 1 is 0.923 bits per heavy atom. The highest BCUT2D eigenvalue weighted by molar-refractivity contribution is 6.30. The van der Waals surface area contributed by atoms with Crippen molar-refractivity contribution in [3.8, 4) is 11.5 Å². The summed E-state index contributed by atoms with van der Waals surface area (Å²) < 4.78 is 10.2. The van der Waals surface area contributed by atoms with Crippen LogP contribution < -0.4 is 25.6 Å². The molecule has 136 valence electrons. The fraction of sp³-hybridized carbons (Fsp3) is 0.118. The van der Waals surface area contributed by atoms with Gasteiger partial charge >= 0.3 is 6.03 Å². The molecule has 0 radical (unpaired) electrons. The van der Waals surface area contributed by atoms with E-state index in [1.165, 1.54) is 31.4 Å². The lowest BCUT2D eigenvalue weighted by atomic mass is 10.2. The van der Waals surface area contributed by atoms with Gasteiger partial charge in [0.15, 0.2) is 6.61 Å². The largest absolute Gasteiger partial charge is 0.497 e. The fourth-order valence-corrected chi connectivity index (χ4v) is 1.92. The van der Waals surface area contributed by atoms with Crippen LogP contribution in [0.15, 0.2) is 48.5 Å². The molecular formula is C17H16ClN3O5. The van der Waals surface area contributed by atoms with Crippen LogP contribution in [0.4, 0.5) is 4.79 Å². The highest BCUT2D eigenvalue weighted by Gasteiger charge is 2.11. The van der Waals surface area contributed by atoms with Crippen molar-refractivity contribution in [1.82, 2.24) is 16.2 Å². The average Bonchev–Trinajstić information content (AvgIpc) is 2.65. The number of methoxy groups -OCH3 is 1. The Hall–Kier alpha value is -3.26. The number of ether oxygens (including phenoxy) is 2. The molecule has 0 aliphatic rings. The first kappa shape index (κ1) is 19.1. The zero-order valence-electron chi connectivity index (χ0n) is 13.7. The number of hydrogen-bond acceptors (Lipinski definition) is 5. The number of carbonyl (C=O) groups excluding carboxylic acids is 3. The summed E-state index contributed by atoms with van der Waals surface area (Å²) in [4.78, 5) is 35.1. The summed E-state index contributed by atoms with van der Waals surface area (Å²) in [6.45, 7) is -0.322. The molecule has 0 bridgehead atoms. The van der Waals surface area contributed by atoms with Crippen LogP contribution in [-0.4, -0.2) is 31.6 Å². The molecule has 8 nitrogen and oxygen atoms in total. The molecule has 0 spiro atoms. The first-order valence-electron chi connectivity index (χ1n) is 7.40. The number of hydrazine groups is 1. The molecule has 2 aromatic rings. The molecule has 3 N–H and O–H groups in total. The van der Waals surface area contributed by atoms with Gasteiger partial charge < -0.3 is 9.47 Å². The van der Waals surface area contributed by atoms with Crippen LogP contribution in [-0.2, 0) is 4.79 Å². The molecule has 0 aliphatic carbocycles. The highest BCUT2D eigenvalue weighted by Crippen LogP contribution is 2.16. The Balaban J connectivity index is 1.71. The molecule has 0 fully saturated rings. The van der Waals surface area contributed by atoms with Gasteiger partial charge in [-0.05, 0) is 48.5 Å². The molecule has 9 heteroatoms. The second-order valence-electron chi connectivity index (χ2n) is 4.93. The quantitative estimate of drug-likeness (QED) is 0.690. The number of benzene rings is 2. The van der Waals surface area contributed by atoms with Crippen LogP contribution in [0, 0.1) is 0 Å². The number of imide groups is 1. The minimum atomic E-state index is -0.886. The lowest BCUT2D eigenvalue weighted by Crippen LogP contribution is -2.49. The Bertz CT molecular complexity index is 778. The third-order valence-electron chi connectivity index (χ3n) is 3.08. The molecule has 4 amide bonds. The minimum Gasteiger partial charge on any atom is -0.497 e. The van der Waals surface area contributed by atoms with Gasteiger partial charge in [0.2, 0.25) is 0 Å². The van der Waals surface area contributed by atoms with E-state index < -0.39 is 17.8 Å². The number of carbonyl (C=O) groups is 3. The number of amides is 4. The van der Waals surface area contributed by atoms with E-state index in [1.54, 1.807) is 24.3 Å². The number of urea groups is 1. The van der Waals surface area contributed by atoms with Crippen LogP contribution in [0.3, 0.4) is 0 Å². The maximum absolute atomic E-state index is 11.8. The van der Waals surface area contributed by atoms with Crippen molar-refractivity contribution in [2.45, 2.75) is 0 Å². The van der Waals surface area contributed by atoms with E-state index in [0.29, 0.717) is 16.5 Å². The SMILES string of the molecule is COc1ccc(OCC(=O)NNC(=O)NC(=O)c2ccc(Cl)cc2)cc1. The van der Waals surface area contributed by atoms with Gasteiger partial charge in [0.05, 0.1) is 7.11 Å². The van der Waals surface area contributed by atoms with Crippen molar-refractivity contribution in [3.05, 3.63) is 59.1 Å². The van der Waals surface area contributed by atoms with Gasteiger partial charge in [0.1, 0.15) is 11.5 Å². The maximum atomic E-state index is 11.8. The van der Waals surface area contributed by atoms with Crippen LogP contribution in [0.2, 0.25) is 5.02 Å². The average molecular weight is 378 g/mol. The highest BCUT2D eigenvalue weighted by atomic mass is 35.5. The third-order valence-corrected chi connectivity index (χ3v) is 3.33. The summed E-state index contributed by atoms with van der Waals surface area (Å²) in [7, 11) is 1.54. The first-order valence-corrected chi connectivity index (χ1v) is 7.78. The molecule has 2 rings (SSSR count). The summed E-state index contributed by atoms with van der Waals surface area (Å²) in [5.41, 5.74) is 4.42. The van der Waals surface area contributed by atoms with Crippen LogP contribution in [0.1, 0.15) is 10.4 Å². The summed E-state index contributed by atoms with van der Waals surface area (Å²) in [5.74, 6) is -0.119. The van der Waals surface area contributed by atoms with Gasteiger partial charge in [-0.25, -0.2) is 10.2 Å². The van der Waals surface area contributed by atoms with Crippen molar-refractivity contribution in [2.24, 2.45) is 0 Å². The number of halogens is 1. The fourth-order valence-electron chi connectivity index (χ4n) is 1.79.